The highest BCUT2D eigenvalue weighted by Gasteiger charge is 2.21. The van der Waals surface area contributed by atoms with Gasteiger partial charge in [0.25, 0.3) is 5.91 Å². The standard InChI is InChI=1S/C16H17N7O/c1-11-13(16(24)23-7-2-3-8-23)5-4-6-14(11)18-10-12(9-17)15-19-21-22-20-15/h4-6,10,18H,2-3,7-8H2,1H3,(H,19,20,21,22). The number of tetrazole rings is 1. The summed E-state index contributed by atoms with van der Waals surface area (Å²) >= 11 is 0. The zero-order valence-corrected chi connectivity index (χ0v) is 13.3. The highest BCUT2D eigenvalue weighted by molar-refractivity contribution is 5.97. The molecule has 122 valence electrons. The van der Waals surface area contributed by atoms with E-state index in [1.54, 1.807) is 0 Å². The van der Waals surface area contributed by atoms with E-state index in [1.165, 1.54) is 6.20 Å². The average Bonchev–Trinajstić information content (AvgIpc) is 3.30. The third-order valence-corrected chi connectivity index (χ3v) is 4.04. The van der Waals surface area contributed by atoms with Crippen LogP contribution in [0.1, 0.15) is 34.6 Å². The van der Waals surface area contributed by atoms with E-state index in [9.17, 15) is 10.1 Å². The van der Waals surface area contributed by atoms with Crippen LogP contribution in [0.2, 0.25) is 0 Å². The predicted molar refractivity (Wildman–Crippen MR) is 87.7 cm³/mol. The number of hydrogen-bond donors (Lipinski definition) is 2. The molecule has 2 N–H and O–H groups in total. The topological polar surface area (TPSA) is 111 Å². The molecule has 0 bridgehead atoms. The van der Waals surface area contributed by atoms with E-state index in [1.807, 2.05) is 36.1 Å². The summed E-state index contributed by atoms with van der Waals surface area (Å²) in [7, 11) is 0. The van der Waals surface area contributed by atoms with Crippen LogP contribution in [-0.4, -0.2) is 44.5 Å². The monoisotopic (exact) mass is 323 g/mol. The summed E-state index contributed by atoms with van der Waals surface area (Å²) < 4.78 is 0. The molecule has 1 amide bonds. The van der Waals surface area contributed by atoms with Gasteiger partial charge < -0.3 is 10.2 Å². The molecule has 24 heavy (non-hydrogen) atoms. The molecule has 8 heteroatoms. The lowest BCUT2D eigenvalue weighted by Crippen LogP contribution is -2.28. The van der Waals surface area contributed by atoms with Crippen LogP contribution in [0.5, 0.6) is 0 Å². The summed E-state index contributed by atoms with van der Waals surface area (Å²) in [4.78, 5) is 14.5. The fourth-order valence-corrected chi connectivity index (χ4v) is 2.69. The second-order valence-electron chi connectivity index (χ2n) is 5.53. The smallest absolute Gasteiger partial charge is 0.254 e. The Morgan fingerprint density at radius 3 is 2.88 bits per heavy atom. The molecule has 0 spiro atoms. The number of benzene rings is 1. The summed E-state index contributed by atoms with van der Waals surface area (Å²) in [5.74, 6) is 0.267. The first kappa shape index (κ1) is 15.7. The highest BCUT2D eigenvalue weighted by Crippen LogP contribution is 2.22. The number of aromatic nitrogens is 4. The van der Waals surface area contributed by atoms with E-state index in [0.29, 0.717) is 5.56 Å². The lowest BCUT2D eigenvalue weighted by atomic mass is 10.1. The van der Waals surface area contributed by atoms with Gasteiger partial charge in [-0.2, -0.15) is 10.5 Å². The van der Waals surface area contributed by atoms with Crippen LogP contribution in [0.3, 0.4) is 0 Å². The van der Waals surface area contributed by atoms with Crippen LogP contribution in [0.15, 0.2) is 24.4 Å². The molecule has 1 aromatic heterocycles. The van der Waals surface area contributed by atoms with Crippen molar-refractivity contribution < 1.29 is 4.79 Å². The number of hydrogen-bond acceptors (Lipinski definition) is 6. The average molecular weight is 323 g/mol. The minimum atomic E-state index is 0.0521. The zero-order chi connectivity index (χ0) is 16.9. The van der Waals surface area contributed by atoms with Gasteiger partial charge in [0.1, 0.15) is 11.6 Å². The minimum Gasteiger partial charge on any atom is -0.360 e. The number of carbonyl (C=O) groups excluding carboxylic acids is 1. The maximum atomic E-state index is 12.6. The highest BCUT2D eigenvalue weighted by atomic mass is 16.2. The summed E-state index contributed by atoms with van der Waals surface area (Å²) in [6.07, 6.45) is 3.63. The molecule has 1 fully saturated rings. The number of carbonyl (C=O) groups is 1. The second-order valence-corrected chi connectivity index (χ2v) is 5.53. The first-order valence-corrected chi connectivity index (χ1v) is 7.70. The maximum absolute atomic E-state index is 12.6. The molecule has 0 saturated carbocycles. The molecule has 1 aliphatic heterocycles. The molecule has 1 aliphatic rings. The number of amides is 1. The van der Waals surface area contributed by atoms with Crippen LogP contribution in [-0.2, 0) is 0 Å². The molecular weight excluding hydrogens is 306 g/mol. The van der Waals surface area contributed by atoms with Crippen LogP contribution in [0.4, 0.5) is 5.69 Å². The van der Waals surface area contributed by atoms with Crippen molar-refractivity contribution in [3.8, 4) is 6.07 Å². The Morgan fingerprint density at radius 2 is 2.21 bits per heavy atom. The summed E-state index contributed by atoms with van der Waals surface area (Å²) in [5, 5.41) is 25.6. The van der Waals surface area contributed by atoms with Crippen molar-refractivity contribution in [3.05, 3.63) is 41.4 Å². The molecule has 0 unspecified atom stereocenters. The third kappa shape index (κ3) is 3.10. The van der Waals surface area contributed by atoms with E-state index in [0.717, 1.165) is 37.2 Å². The number of allylic oxidation sites excluding steroid dienone is 1. The van der Waals surface area contributed by atoms with Crippen molar-refractivity contribution in [1.29, 1.82) is 5.26 Å². The second kappa shape index (κ2) is 6.91. The Morgan fingerprint density at radius 1 is 1.42 bits per heavy atom. The Labute approximate surface area is 139 Å². The number of nitrogens with one attached hydrogen (secondary N) is 2. The molecule has 0 radical (unpaired) electrons. The Kier molecular flexibility index (Phi) is 4.52. The molecule has 1 saturated heterocycles. The van der Waals surface area contributed by atoms with Gasteiger partial charge >= 0.3 is 0 Å². The molecule has 1 aromatic carbocycles. The van der Waals surface area contributed by atoms with Crippen molar-refractivity contribution >= 4 is 17.2 Å². The summed E-state index contributed by atoms with van der Waals surface area (Å²) in [6.45, 7) is 3.51. The van der Waals surface area contributed by atoms with E-state index in [4.69, 9.17) is 0 Å². The summed E-state index contributed by atoms with van der Waals surface area (Å²) in [5.41, 5.74) is 2.53. The first-order chi connectivity index (χ1) is 11.7. The quantitative estimate of drug-likeness (QED) is 0.829. The first-order valence-electron chi connectivity index (χ1n) is 7.70. The normalized spacial score (nSPS) is 14.5. The number of nitriles is 1. The van der Waals surface area contributed by atoms with Crippen molar-refractivity contribution in [2.24, 2.45) is 0 Å². The molecule has 0 atom stereocenters. The van der Waals surface area contributed by atoms with Crippen LogP contribution < -0.4 is 5.32 Å². The van der Waals surface area contributed by atoms with Crippen molar-refractivity contribution in [1.82, 2.24) is 25.5 Å². The van der Waals surface area contributed by atoms with E-state index in [2.05, 4.69) is 25.9 Å². The van der Waals surface area contributed by atoms with Crippen molar-refractivity contribution in [2.75, 3.05) is 18.4 Å². The Bertz CT molecular complexity index is 798. The molecule has 8 nitrogen and oxygen atoms in total. The van der Waals surface area contributed by atoms with Gasteiger partial charge in [0, 0.05) is 30.5 Å². The number of aromatic amines is 1. The lowest BCUT2D eigenvalue weighted by Gasteiger charge is -2.18. The number of rotatable bonds is 4. The molecule has 2 aromatic rings. The molecular formula is C16H17N7O. The Balaban J connectivity index is 1.83. The van der Waals surface area contributed by atoms with Crippen molar-refractivity contribution in [3.63, 3.8) is 0 Å². The van der Waals surface area contributed by atoms with Gasteiger partial charge in [-0.1, -0.05) is 6.07 Å². The van der Waals surface area contributed by atoms with Crippen LogP contribution in [0, 0.1) is 18.3 Å². The van der Waals surface area contributed by atoms with Gasteiger partial charge in [-0.15, -0.1) is 10.2 Å². The van der Waals surface area contributed by atoms with Gasteiger partial charge in [-0.05, 0) is 42.7 Å². The van der Waals surface area contributed by atoms with Gasteiger partial charge in [0.05, 0.1) is 0 Å². The lowest BCUT2D eigenvalue weighted by molar-refractivity contribution is 0.0792. The van der Waals surface area contributed by atoms with Gasteiger partial charge in [0.2, 0.25) is 5.82 Å². The zero-order valence-electron chi connectivity index (χ0n) is 13.3. The van der Waals surface area contributed by atoms with Gasteiger partial charge in [0.15, 0.2) is 0 Å². The fourth-order valence-electron chi connectivity index (χ4n) is 2.69. The molecule has 3 rings (SSSR count). The van der Waals surface area contributed by atoms with Gasteiger partial charge in [-0.25, -0.2) is 0 Å². The fraction of sp³-hybridized carbons (Fsp3) is 0.312. The Hall–Kier alpha value is -3.21. The molecule has 2 heterocycles. The van der Waals surface area contributed by atoms with Crippen LogP contribution in [0.25, 0.3) is 5.57 Å². The summed E-state index contributed by atoms with van der Waals surface area (Å²) in [6, 6.07) is 7.53. The number of nitrogens with zero attached hydrogens (tertiary/aromatic N) is 5. The predicted octanol–water partition coefficient (Wildman–Crippen LogP) is 1.72. The van der Waals surface area contributed by atoms with E-state index < -0.39 is 0 Å². The SMILES string of the molecule is Cc1c(NC=C(C#N)c2nn[nH]n2)cccc1C(=O)N1CCCC1. The largest absolute Gasteiger partial charge is 0.360 e. The number of anilines is 1. The van der Waals surface area contributed by atoms with Gasteiger partial charge in [-0.3, -0.25) is 4.79 Å². The maximum Gasteiger partial charge on any atom is 0.254 e. The van der Waals surface area contributed by atoms with E-state index in [-0.39, 0.29) is 17.3 Å². The van der Waals surface area contributed by atoms with Crippen molar-refractivity contribution in [2.45, 2.75) is 19.8 Å². The number of likely N-dealkylation sites (tertiary alicyclic amines) is 1. The minimum absolute atomic E-state index is 0.0521. The van der Waals surface area contributed by atoms with E-state index >= 15 is 0 Å². The van der Waals surface area contributed by atoms with Crippen LogP contribution >= 0.6 is 0 Å². The molecule has 0 aliphatic carbocycles. The number of H-pyrrole nitrogens is 1. The third-order valence-electron chi connectivity index (χ3n) is 4.04.